The van der Waals surface area contributed by atoms with Gasteiger partial charge in [-0.1, -0.05) is 0 Å². The van der Waals surface area contributed by atoms with Gasteiger partial charge in [0, 0.05) is 11.3 Å². The second-order valence-corrected chi connectivity index (χ2v) is 6.04. The molecule has 0 radical (unpaired) electrons. The van der Waals surface area contributed by atoms with Crippen molar-refractivity contribution in [3.05, 3.63) is 49.9 Å². The highest BCUT2D eigenvalue weighted by atomic mass is 79.9. The van der Waals surface area contributed by atoms with Gasteiger partial charge in [0.1, 0.15) is 5.82 Å². The molecule has 88 valence electrons. The van der Waals surface area contributed by atoms with E-state index < -0.39 is 5.82 Å². The molecule has 0 aliphatic carbocycles. The number of hydrogen-bond acceptors (Lipinski definition) is 3. The van der Waals surface area contributed by atoms with Crippen LogP contribution in [0.15, 0.2) is 28.1 Å². The molecule has 5 heteroatoms. The van der Waals surface area contributed by atoms with E-state index in [0.717, 1.165) is 9.35 Å². The smallest absolute Gasteiger partial charge is 0.203 e. The van der Waals surface area contributed by atoms with Crippen LogP contribution in [-0.4, -0.2) is 5.78 Å². The second kappa shape index (κ2) is 4.58. The Balaban J connectivity index is 2.43. The molecule has 1 aromatic heterocycles. The lowest BCUT2D eigenvalue weighted by molar-refractivity contribution is 0.104. The van der Waals surface area contributed by atoms with E-state index >= 15 is 0 Å². The molecule has 0 atom stereocenters. The van der Waals surface area contributed by atoms with Gasteiger partial charge in [0.15, 0.2) is 0 Å². The fourth-order valence-electron chi connectivity index (χ4n) is 1.46. The Bertz CT molecular complexity index is 554. The summed E-state index contributed by atoms with van der Waals surface area (Å²) in [6.45, 7) is 1.90. The Labute approximate surface area is 110 Å². The molecule has 0 bridgehead atoms. The molecule has 2 aromatic rings. The van der Waals surface area contributed by atoms with Gasteiger partial charge >= 0.3 is 0 Å². The largest absolute Gasteiger partial charge is 0.399 e. The molecule has 1 aromatic carbocycles. The van der Waals surface area contributed by atoms with Crippen LogP contribution in [0.2, 0.25) is 0 Å². The standard InChI is InChI=1S/C12H9BrFNOS/c1-6-2-10(17-12(6)13)11(16)7-3-8(14)5-9(15)4-7/h2-5H,15H2,1H3. The first-order valence-electron chi connectivity index (χ1n) is 4.84. The highest BCUT2D eigenvalue weighted by Crippen LogP contribution is 2.29. The van der Waals surface area contributed by atoms with Crippen LogP contribution < -0.4 is 5.73 Å². The van der Waals surface area contributed by atoms with E-state index in [-0.39, 0.29) is 17.0 Å². The first kappa shape index (κ1) is 12.3. The van der Waals surface area contributed by atoms with Crippen LogP contribution in [0, 0.1) is 12.7 Å². The van der Waals surface area contributed by atoms with Crippen molar-refractivity contribution in [2.75, 3.05) is 5.73 Å². The Morgan fingerprint density at radius 3 is 2.59 bits per heavy atom. The van der Waals surface area contributed by atoms with Crippen LogP contribution in [0.25, 0.3) is 0 Å². The molecule has 0 saturated heterocycles. The molecule has 0 fully saturated rings. The summed E-state index contributed by atoms with van der Waals surface area (Å²) in [5, 5.41) is 0. The van der Waals surface area contributed by atoms with Gasteiger partial charge in [-0.05, 0) is 52.7 Å². The molecule has 0 amide bonds. The topological polar surface area (TPSA) is 43.1 Å². The van der Waals surface area contributed by atoms with E-state index in [1.54, 1.807) is 6.07 Å². The van der Waals surface area contributed by atoms with Crippen molar-refractivity contribution in [3.63, 3.8) is 0 Å². The summed E-state index contributed by atoms with van der Waals surface area (Å²) in [6, 6.07) is 5.64. The number of carbonyl (C=O) groups excluding carboxylic acids is 1. The van der Waals surface area contributed by atoms with Crippen molar-refractivity contribution in [1.29, 1.82) is 0 Å². The van der Waals surface area contributed by atoms with Crippen LogP contribution in [-0.2, 0) is 0 Å². The first-order valence-corrected chi connectivity index (χ1v) is 6.45. The van der Waals surface area contributed by atoms with Gasteiger partial charge in [0.2, 0.25) is 5.78 Å². The molecule has 2 rings (SSSR count). The third kappa shape index (κ3) is 2.56. The lowest BCUT2D eigenvalue weighted by atomic mass is 10.1. The number of anilines is 1. The van der Waals surface area contributed by atoms with E-state index in [1.807, 2.05) is 6.92 Å². The van der Waals surface area contributed by atoms with Gasteiger partial charge in [-0.25, -0.2) is 4.39 Å². The minimum Gasteiger partial charge on any atom is -0.399 e. The average molecular weight is 314 g/mol. The van der Waals surface area contributed by atoms with Crippen molar-refractivity contribution >= 4 is 38.7 Å². The predicted molar refractivity (Wildman–Crippen MR) is 71.0 cm³/mol. The van der Waals surface area contributed by atoms with E-state index in [2.05, 4.69) is 15.9 Å². The zero-order chi connectivity index (χ0) is 12.6. The number of rotatable bonds is 2. The lowest BCUT2D eigenvalue weighted by Crippen LogP contribution is -2.01. The number of carbonyl (C=O) groups is 1. The summed E-state index contributed by atoms with van der Waals surface area (Å²) >= 11 is 4.69. The highest BCUT2D eigenvalue weighted by Gasteiger charge is 2.14. The van der Waals surface area contributed by atoms with Gasteiger partial charge in [-0.15, -0.1) is 11.3 Å². The summed E-state index contributed by atoms with van der Waals surface area (Å²) in [5.74, 6) is -0.712. The number of hydrogen-bond donors (Lipinski definition) is 1. The molecule has 0 aliphatic heterocycles. The number of ketones is 1. The van der Waals surface area contributed by atoms with E-state index in [0.29, 0.717) is 4.88 Å². The molecule has 17 heavy (non-hydrogen) atoms. The SMILES string of the molecule is Cc1cc(C(=O)c2cc(N)cc(F)c2)sc1Br. The molecule has 2 nitrogen and oxygen atoms in total. The zero-order valence-corrected chi connectivity index (χ0v) is 11.4. The van der Waals surface area contributed by atoms with Crippen LogP contribution in [0.5, 0.6) is 0 Å². The molecule has 0 spiro atoms. The Morgan fingerprint density at radius 1 is 1.35 bits per heavy atom. The number of aryl methyl sites for hydroxylation is 1. The third-order valence-corrected chi connectivity index (χ3v) is 4.40. The minimum absolute atomic E-state index is 0.213. The molecular formula is C12H9BrFNOS. The maximum Gasteiger partial charge on any atom is 0.203 e. The minimum atomic E-state index is -0.499. The summed E-state index contributed by atoms with van der Waals surface area (Å²) in [5.41, 5.74) is 7.03. The lowest BCUT2D eigenvalue weighted by Gasteiger charge is -2.00. The van der Waals surface area contributed by atoms with Crippen molar-refractivity contribution in [1.82, 2.24) is 0 Å². The number of thiophene rings is 1. The van der Waals surface area contributed by atoms with Gasteiger partial charge in [-0.2, -0.15) is 0 Å². The van der Waals surface area contributed by atoms with Crippen molar-refractivity contribution in [3.8, 4) is 0 Å². The number of nitrogen functional groups attached to an aromatic ring is 1. The van der Waals surface area contributed by atoms with Crippen LogP contribution in [0.4, 0.5) is 10.1 Å². The predicted octanol–water partition coefficient (Wildman–Crippen LogP) is 3.77. The molecule has 0 aliphatic rings. The number of halogens is 2. The number of benzene rings is 1. The molecule has 0 unspecified atom stereocenters. The Hall–Kier alpha value is -1.20. The summed E-state index contributed by atoms with van der Waals surface area (Å²) < 4.78 is 14.1. The fourth-order valence-corrected chi connectivity index (χ4v) is 2.95. The van der Waals surface area contributed by atoms with Crippen LogP contribution in [0.1, 0.15) is 20.8 Å². The molecule has 1 heterocycles. The maximum atomic E-state index is 13.2. The molecular weight excluding hydrogens is 305 g/mol. The Morgan fingerprint density at radius 2 is 2.06 bits per heavy atom. The summed E-state index contributed by atoms with van der Waals surface area (Å²) in [6.07, 6.45) is 0. The average Bonchev–Trinajstić information content (AvgIpc) is 2.57. The van der Waals surface area contributed by atoms with Crippen molar-refractivity contribution in [2.45, 2.75) is 6.92 Å². The number of nitrogens with two attached hydrogens (primary N) is 1. The third-order valence-electron chi connectivity index (χ3n) is 2.26. The van der Waals surface area contributed by atoms with Gasteiger partial charge in [0.25, 0.3) is 0 Å². The van der Waals surface area contributed by atoms with Gasteiger partial charge < -0.3 is 5.73 Å². The van der Waals surface area contributed by atoms with Gasteiger partial charge in [-0.3, -0.25) is 4.79 Å². The molecule has 2 N–H and O–H groups in total. The monoisotopic (exact) mass is 313 g/mol. The summed E-state index contributed by atoms with van der Waals surface area (Å²) in [4.78, 5) is 12.7. The van der Waals surface area contributed by atoms with E-state index in [1.165, 1.54) is 29.5 Å². The Kier molecular flexibility index (Phi) is 3.31. The van der Waals surface area contributed by atoms with Crippen LogP contribution in [0.3, 0.4) is 0 Å². The quantitative estimate of drug-likeness (QED) is 0.677. The van der Waals surface area contributed by atoms with Crippen molar-refractivity contribution in [2.24, 2.45) is 0 Å². The first-order chi connectivity index (χ1) is 7.97. The van der Waals surface area contributed by atoms with Crippen molar-refractivity contribution < 1.29 is 9.18 Å². The normalized spacial score (nSPS) is 10.5. The highest BCUT2D eigenvalue weighted by molar-refractivity contribution is 9.11. The fraction of sp³-hybridized carbons (Fsp3) is 0.0833. The van der Waals surface area contributed by atoms with E-state index in [9.17, 15) is 9.18 Å². The summed E-state index contributed by atoms with van der Waals surface area (Å²) in [7, 11) is 0. The molecule has 0 saturated carbocycles. The van der Waals surface area contributed by atoms with Crippen LogP contribution >= 0.6 is 27.3 Å². The van der Waals surface area contributed by atoms with Gasteiger partial charge in [0.05, 0.1) is 8.66 Å². The maximum absolute atomic E-state index is 13.2. The zero-order valence-electron chi connectivity index (χ0n) is 8.96. The second-order valence-electron chi connectivity index (χ2n) is 3.67. The van der Waals surface area contributed by atoms with E-state index in [4.69, 9.17) is 5.73 Å².